The summed E-state index contributed by atoms with van der Waals surface area (Å²) in [6.07, 6.45) is -0.831. The van der Waals surface area contributed by atoms with Crippen LogP contribution in [-0.2, 0) is 11.2 Å². The summed E-state index contributed by atoms with van der Waals surface area (Å²) in [4.78, 5) is 23.0. The molecule has 1 atom stereocenters. The van der Waals surface area contributed by atoms with Crippen LogP contribution in [0, 0.1) is 11.3 Å². The van der Waals surface area contributed by atoms with E-state index in [1.807, 2.05) is 48.5 Å². The minimum atomic E-state index is -1.26. The van der Waals surface area contributed by atoms with Crippen LogP contribution in [0.5, 0.6) is 0 Å². The first-order valence-corrected chi connectivity index (χ1v) is 7.22. The molecule has 0 aromatic heterocycles. The van der Waals surface area contributed by atoms with E-state index in [9.17, 15) is 9.59 Å². The zero-order valence-corrected chi connectivity index (χ0v) is 12.5. The van der Waals surface area contributed by atoms with E-state index in [2.05, 4.69) is 10.6 Å². The number of amides is 2. The van der Waals surface area contributed by atoms with Gasteiger partial charge in [-0.25, -0.2) is 4.79 Å². The average molecular weight is 311 g/mol. The molecule has 2 aromatic carbocycles. The Morgan fingerprint density at radius 1 is 1.17 bits per heavy atom. The van der Waals surface area contributed by atoms with Crippen molar-refractivity contribution in [1.82, 2.24) is 10.6 Å². The van der Waals surface area contributed by atoms with E-state index in [-0.39, 0.29) is 19.4 Å². The van der Waals surface area contributed by atoms with Gasteiger partial charge in [0.15, 0.2) is 0 Å². The van der Waals surface area contributed by atoms with Gasteiger partial charge >= 0.3 is 6.09 Å². The van der Waals surface area contributed by atoms with Gasteiger partial charge in [-0.15, -0.1) is 0 Å². The summed E-state index contributed by atoms with van der Waals surface area (Å²) < 4.78 is 0. The lowest BCUT2D eigenvalue weighted by atomic mass is 10.0. The molecule has 0 spiro atoms. The number of rotatable bonds is 6. The van der Waals surface area contributed by atoms with Crippen molar-refractivity contribution < 1.29 is 14.7 Å². The van der Waals surface area contributed by atoms with Crippen molar-refractivity contribution in [3.63, 3.8) is 0 Å². The SMILES string of the molecule is N#CCCNC(=O)C(Cc1ccc2ccccc2c1)NC(=O)O. The van der Waals surface area contributed by atoms with Gasteiger partial charge in [0, 0.05) is 13.0 Å². The van der Waals surface area contributed by atoms with Gasteiger partial charge < -0.3 is 15.7 Å². The molecule has 0 bridgehead atoms. The second-order valence-corrected chi connectivity index (χ2v) is 5.09. The number of benzene rings is 2. The molecular weight excluding hydrogens is 294 g/mol. The van der Waals surface area contributed by atoms with E-state index in [0.717, 1.165) is 16.3 Å². The highest BCUT2D eigenvalue weighted by molar-refractivity contribution is 5.86. The Morgan fingerprint density at radius 3 is 2.61 bits per heavy atom. The average Bonchev–Trinajstić information content (AvgIpc) is 2.54. The predicted octanol–water partition coefficient (Wildman–Crippen LogP) is 2.05. The molecule has 0 aliphatic rings. The maximum absolute atomic E-state index is 12.1. The van der Waals surface area contributed by atoms with Gasteiger partial charge in [0.05, 0.1) is 12.5 Å². The molecule has 3 N–H and O–H groups in total. The standard InChI is InChI=1S/C17H17N3O3/c18-8-3-9-19-16(21)15(20-17(22)23)11-12-6-7-13-4-1-2-5-14(13)10-12/h1-2,4-7,10,15,20H,3,9,11H2,(H,19,21)(H,22,23). The van der Waals surface area contributed by atoms with Gasteiger partial charge in [-0.1, -0.05) is 42.5 Å². The second-order valence-electron chi connectivity index (χ2n) is 5.09. The van der Waals surface area contributed by atoms with Crippen LogP contribution in [0.4, 0.5) is 4.79 Å². The van der Waals surface area contributed by atoms with E-state index in [0.29, 0.717) is 0 Å². The fourth-order valence-electron chi connectivity index (χ4n) is 2.32. The van der Waals surface area contributed by atoms with Crippen molar-refractivity contribution in [2.75, 3.05) is 6.54 Å². The molecule has 2 aromatic rings. The predicted molar refractivity (Wildman–Crippen MR) is 85.8 cm³/mol. The first-order valence-electron chi connectivity index (χ1n) is 7.22. The van der Waals surface area contributed by atoms with E-state index >= 15 is 0 Å². The normalized spacial score (nSPS) is 11.4. The molecule has 0 fully saturated rings. The van der Waals surface area contributed by atoms with Crippen molar-refractivity contribution >= 4 is 22.8 Å². The molecule has 0 heterocycles. The smallest absolute Gasteiger partial charge is 0.405 e. The quantitative estimate of drug-likeness (QED) is 0.710. The van der Waals surface area contributed by atoms with E-state index in [4.69, 9.17) is 10.4 Å². The zero-order chi connectivity index (χ0) is 16.7. The van der Waals surface area contributed by atoms with Crippen molar-refractivity contribution in [2.24, 2.45) is 0 Å². The largest absolute Gasteiger partial charge is 0.465 e. The summed E-state index contributed by atoms with van der Waals surface area (Å²) >= 11 is 0. The van der Waals surface area contributed by atoms with Crippen LogP contribution in [0.2, 0.25) is 0 Å². The molecule has 0 saturated heterocycles. The number of nitrogens with one attached hydrogen (secondary N) is 2. The third kappa shape index (κ3) is 4.71. The number of hydrogen-bond acceptors (Lipinski definition) is 3. The van der Waals surface area contributed by atoms with E-state index in [1.165, 1.54) is 0 Å². The van der Waals surface area contributed by atoms with Gasteiger partial charge in [0.25, 0.3) is 0 Å². The van der Waals surface area contributed by atoms with Crippen LogP contribution in [0.15, 0.2) is 42.5 Å². The minimum absolute atomic E-state index is 0.182. The molecular formula is C17H17N3O3. The second kappa shape index (κ2) is 7.80. The van der Waals surface area contributed by atoms with Crippen LogP contribution < -0.4 is 10.6 Å². The molecule has 1 unspecified atom stereocenters. The van der Waals surface area contributed by atoms with E-state index < -0.39 is 18.0 Å². The highest BCUT2D eigenvalue weighted by atomic mass is 16.4. The molecule has 23 heavy (non-hydrogen) atoms. The van der Waals surface area contributed by atoms with Crippen LogP contribution in [-0.4, -0.2) is 29.7 Å². The van der Waals surface area contributed by atoms with Crippen molar-refractivity contribution in [1.29, 1.82) is 5.26 Å². The van der Waals surface area contributed by atoms with Gasteiger partial charge in [0.2, 0.25) is 5.91 Å². The highest BCUT2D eigenvalue weighted by Gasteiger charge is 2.20. The van der Waals surface area contributed by atoms with Crippen LogP contribution in [0.25, 0.3) is 10.8 Å². The summed E-state index contributed by atoms with van der Waals surface area (Å²) in [7, 11) is 0. The maximum atomic E-state index is 12.1. The Labute approximate surface area is 133 Å². The Kier molecular flexibility index (Phi) is 5.53. The first kappa shape index (κ1) is 16.3. The molecule has 0 aliphatic heterocycles. The summed E-state index contributed by atoms with van der Waals surface area (Å²) in [5.41, 5.74) is 0.859. The topological polar surface area (TPSA) is 102 Å². The molecule has 0 radical (unpaired) electrons. The Hall–Kier alpha value is -3.07. The molecule has 0 aliphatic carbocycles. The van der Waals surface area contributed by atoms with Crippen molar-refractivity contribution in [3.8, 4) is 6.07 Å². The lowest BCUT2D eigenvalue weighted by Gasteiger charge is -2.16. The van der Waals surface area contributed by atoms with Gasteiger partial charge in [-0.3, -0.25) is 4.79 Å². The van der Waals surface area contributed by atoms with Gasteiger partial charge in [-0.2, -0.15) is 5.26 Å². The monoisotopic (exact) mass is 311 g/mol. The summed E-state index contributed by atoms with van der Waals surface area (Å²) in [6.45, 7) is 0.199. The maximum Gasteiger partial charge on any atom is 0.405 e. The Morgan fingerprint density at radius 2 is 1.91 bits per heavy atom. The number of nitriles is 1. The van der Waals surface area contributed by atoms with E-state index in [1.54, 1.807) is 0 Å². The van der Waals surface area contributed by atoms with Crippen LogP contribution >= 0.6 is 0 Å². The highest BCUT2D eigenvalue weighted by Crippen LogP contribution is 2.16. The molecule has 2 amide bonds. The number of carboxylic acid groups (broad SMARTS) is 1. The fourth-order valence-corrected chi connectivity index (χ4v) is 2.32. The third-order valence-corrected chi connectivity index (χ3v) is 3.40. The van der Waals surface area contributed by atoms with Crippen molar-refractivity contribution in [3.05, 3.63) is 48.0 Å². The Balaban J connectivity index is 2.13. The molecule has 2 rings (SSSR count). The lowest BCUT2D eigenvalue weighted by Crippen LogP contribution is -2.47. The third-order valence-electron chi connectivity index (χ3n) is 3.40. The van der Waals surface area contributed by atoms with Crippen LogP contribution in [0.1, 0.15) is 12.0 Å². The molecule has 118 valence electrons. The van der Waals surface area contributed by atoms with Gasteiger partial charge in [0.1, 0.15) is 6.04 Å². The first-order chi connectivity index (χ1) is 11.1. The molecule has 6 heteroatoms. The summed E-state index contributed by atoms with van der Waals surface area (Å²) in [5, 5.41) is 24.3. The minimum Gasteiger partial charge on any atom is -0.465 e. The molecule has 0 saturated carbocycles. The summed E-state index contributed by atoms with van der Waals surface area (Å²) in [5.74, 6) is -0.434. The van der Waals surface area contributed by atoms with Gasteiger partial charge in [-0.05, 0) is 16.3 Å². The number of carbonyl (C=O) groups is 2. The number of carbonyl (C=O) groups excluding carboxylic acids is 1. The molecule has 6 nitrogen and oxygen atoms in total. The number of hydrogen-bond donors (Lipinski definition) is 3. The number of fused-ring (bicyclic) bond motifs is 1. The Bertz CT molecular complexity index is 752. The zero-order valence-electron chi connectivity index (χ0n) is 12.5. The summed E-state index contributed by atoms with van der Waals surface area (Å²) in [6, 6.07) is 14.6. The van der Waals surface area contributed by atoms with Crippen LogP contribution in [0.3, 0.4) is 0 Å². The van der Waals surface area contributed by atoms with Crippen molar-refractivity contribution in [2.45, 2.75) is 18.9 Å². The number of nitrogens with zero attached hydrogens (tertiary/aromatic N) is 1. The fraction of sp³-hybridized carbons (Fsp3) is 0.235. The lowest BCUT2D eigenvalue weighted by molar-refractivity contribution is -0.122.